The lowest BCUT2D eigenvalue weighted by Crippen LogP contribution is -2.32. The van der Waals surface area contributed by atoms with Crippen molar-refractivity contribution < 1.29 is 14.3 Å². The number of hydrogen-bond donors (Lipinski definition) is 1. The fourth-order valence-electron chi connectivity index (χ4n) is 2.41. The number of ether oxygens (including phenoxy) is 2. The second kappa shape index (κ2) is 7.88. The number of carbonyl (C=O) groups is 1. The summed E-state index contributed by atoms with van der Waals surface area (Å²) in [5, 5.41) is 3.27. The molecule has 0 spiro atoms. The van der Waals surface area contributed by atoms with Gasteiger partial charge in [0, 0.05) is 19.6 Å². The van der Waals surface area contributed by atoms with E-state index in [0.29, 0.717) is 11.5 Å². The molecule has 116 valence electrons. The van der Waals surface area contributed by atoms with Gasteiger partial charge >= 0.3 is 0 Å². The number of hydrogen-bond acceptors (Lipinski definition) is 4. The Morgan fingerprint density at radius 3 is 2.71 bits per heavy atom. The molecule has 2 rings (SSSR count). The van der Waals surface area contributed by atoms with Crippen molar-refractivity contribution in [2.75, 3.05) is 33.4 Å². The molecule has 1 fully saturated rings. The van der Waals surface area contributed by atoms with Gasteiger partial charge in [-0.1, -0.05) is 13.0 Å². The summed E-state index contributed by atoms with van der Waals surface area (Å²) < 4.78 is 11.0. The summed E-state index contributed by atoms with van der Waals surface area (Å²) in [6, 6.07) is 5.79. The van der Waals surface area contributed by atoms with Crippen LogP contribution in [0.3, 0.4) is 0 Å². The maximum atomic E-state index is 12.0. The maximum Gasteiger partial charge on any atom is 0.260 e. The Kier molecular flexibility index (Phi) is 5.87. The minimum Gasteiger partial charge on any atom is -0.493 e. The van der Waals surface area contributed by atoms with E-state index in [4.69, 9.17) is 9.47 Å². The van der Waals surface area contributed by atoms with Crippen molar-refractivity contribution >= 4 is 5.91 Å². The molecular formula is C16H24N2O3. The molecule has 5 nitrogen and oxygen atoms in total. The van der Waals surface area contributed by atoms with Gasteiger partial charge in [-0.2, -0.15) is 0 Å². The number of rotatable bonds is 7. The van der Waals surface area contributed by atoms with Crippen LogP contribution >= 0.6 is 0 Å². The molecule has 1 N–H and O–H groups in total. The van der Waals surface area contributed by atoms with Crippen LogP contribution in [0, 0.1) is 0 Å². The summed E-state index contributed by atoms with van der Waals surface area (Å²) in [5.41, 5.74) is 1.13. The van der Waals surface area contributed by atoms with Crippen LogP contribution in [0.5, 0.6) is 11.5 Å². The van der Waals surface area contributed by atoms with Gasteiger partial charge < -0.3 is 19.7 Å². The molecule has 1 aliphatic heterocycles. The Morgan fingerprint density at radius 1 is 1.29 bits per heavy atom. The fourth-order valence-corrected chi connectivity index (χ4v) is 2.41. The molecule has 0 saturated carbocycles. The van der Waals surface area contributed by atoms with E-state index in [1.54, 1.807) is 7.11 Å². The first-order chi connectivity index (χ1) is 10.2. The van der Waals surface area contributed by atoms with Gasteiger partial charge in [0.15, 0.2) is 18.1 Å². The van der Waals surface area contributed by atoms with Crippen LogP contribution in [0.2, 0.25) is 0 Å². The predicted molar refractivity (Wildman–Crippen MR) is 81.7 cm³/mol. The van der Waals surface area contributed by atoms with Crippen molar-refractivity contribution in [2.45, 2.75) is 26.3 Å². The number of nitrogens with zero attached hydrogens (tertiary/aromatic N) is 1. The lowest BCUT2D eigenvalue weighted by molar-refractivity contribution is -0.132. The molecule has 0 aliphatic carbocycles. The Bertz CT molecular complexity index is 471. The van der Waals surface area contributed by atoms with E-state index >= 15 is 0 Å². The van der Waals surface area contributed by atoms with E-state index in [1.165, 1.54) is 0 Å². The molecule has 1 heterocycles. The number of methoxy groups -OCH3 is 1. The van der Waals surface area contributed by atoms with E-state index in [9.17, 15) is 4.79 Å². The van der Waals surface area contributed by atoms with E-state index < -0.39 is 0 Å². The van der Waals surface area contributed by atoms with Crippen molar-refractivity contribution in [2.24, 2.45) is 0 Å². The molecule has 1 aromatic carbocycles. The van der Waals surface area contributed by atoms with Gasteiger partial charge in [-0.15, -0.1) is 0 Å². The van der Waals surface area contributed by atoms with Crippen molar-refractivity contribution in [3.05, 3.63) is 23.8 Å². The molecule has 5 heteroatoms. The topological polar surface area (TPSA) is 50.8 Å². The van der Waals surface area contributed by atoms with Gasteiger partial charge in [0.25, 0.3) is 5.91 Å². The highest BCUT2D eigenvalue weighted by Gasteiger charge is 2.18. The van der Waals surface area contributed by atoms with Crippen LogP contribution < -0.4 is 14.8 Å². The Labute approximate surface area is 126 Å². The third kappa shape index (κ3) is 4.36. The van der Waals surface area contributed by atoms with Crippen LogP contribution in [0.25, 0.3) is 0 Å². The molecule has 0 aromatic heterocycles. The second-order valence-corrected chi connectivity index (χ2v) is 5.14. The maximum absolute atomic E-state index is 12.0. The van der Waals surface area contributed by atoms with Gasteiger partial charge in [0.2, 0.25) is 0 Å². The van der Waals surface area contributed by atoms with Gasteiger partial charge in [-0.25, -0.2) is 0 Å². The molecule has 1 aromatic rings. The van der Waals surface area contributed by atoms with Gasteiger partial charge in [-0.05, 0) is 37.1 Å². The molecule has 1 saturated heterocycles. The number of carbonyl (C=O) groups excluding carboxylic acids is 1. The van der Waals surface area contributed by atoms with E-state index in [1.807, 2.05) is 23.1 Å². The van der Waals surface area contributed by atoms with Crippen LogP contribution in [0.15, 0.2) is 18.2 Å². The minimum atomic E-state index is 0.0475. The fraction of sp³-hybridized carbons (Fsp3) is 0.562. The normalized spacial score (nSPS) is 14.3. The summed E-state index contributed by atoms with van der Waals surface area (Å²) in [5.74, 6) is 1.33. The molecule has 21 heavy (non-hydrogen) atoms. The van der Waals surface area contributed by atoms with Gasteiger partial charge in [-0.3, -0.25) is 4.79 Å². The monoisotopic (exact) mass is 292 g/mol. The highest BCUT2D eigenvalue weighted by atomic mass is 16.5. The van der Waals surface area contributed by atoms with Crippen molar-refractivity contribution in [1.29, 1.82) is 0 Å². The van der Waals surface area contributed by atoms with E-state index in [-0.39, 0.29) is 12.5 Å². The first-order valence-corrected chi connectivity index (χ1v) is 7.52. The summed E-state index contributed by atoms with van der Waals surface area (Å²) >= 11 is 0. The first kappa shape index (κ1) is 15.6. The summed E-state index contributed by atoms with van der Waals surface area (Å²) in [6.07, 6.45) is 2.18. The number of amides is 1. The number of benzene rings is 1. The van der Waals surface area contributed by atoms with Crippen LogP contribution in [0.4, 0.5) is 0 Å². The smallest absolute Gasteiger partial charge is 0.260 e. The van der Waals surface area contributed by atoms with Crippen molar-refractivity contribution in [1.82, 2.24) is 10.2 Å². The quantitative estimate of drug-likeness (QED) is 0.832. The highest BCUT2D eigenvalue weighted by Crippen LogP contribution is 2.28. The summed E-state index contributed by atoms with van der Waals surface area (Å²) in [7, 11) is 1.61. The molecule has 0 unspecified atom stereocenters. The Morgan fingerprint density at radius 2 is 2.05 bits per heavy atom. The minimum absolute atomic E-state index is 0.0475. The molecule has 1 amide bonds. The first-order valence-electron chi connectivity index (χ1n) is 7.52. The third-order valence-corrected chi connectivity index (χ3v) is 3.62. The van der Waals surface area contributed by atoms with E-state index in [2.05, 4.69) is 12.2 Å². The van der Waals surface area contributed by atoms with Crippen LogP contribution in [-0.4, -0.2) is 44.2 Å². The zero-order valence-corrected chi connectivity index (χ0v) is 12.9. The zero-order valence-electron chi connectivity index (χ0n) is 12.9. The SMILES string of the molecule is CCNCc1ccc(OCC(=O)N2CCCC2)c(OC)c1. The molecule has 0 atom stereocenters. The third-order valence-electron chi connectivity index (χ3n) is 3.62. The van der Waals surface area contributed by atoms with Crippen LogP contribution in [0.1, 0.15) is 25.3 Å². The lowest BCUT2D eigenvalue weighted by Gasteiger charge is -2.17. The summed E-state index contributed by atoms with van der Waals surface area (Å²) in [6.45, 7) is 5.55. The van der Waals surface area contributed by atoms with Crippen LogP contribution in [-0.2, 0) is 11.3 Å². The number of nitrogens with one attached hydrogen (secondary N) is 1. The highest BCUT2D eigenvalue weighted by molar-refractivity contribution is 5.78. The molecule has 0 radical (unpaired) electrons. The van der Waals surface area contributed by atoms with E-state index in [0.717, 1.165) is 44.6 Å². The van der Waals surface area contributed by atoms with Crippen molar-refractivity contribution in [3.63, 3.8) is 0 Å². The van der Waals surface area contributed by atoms with Crippen molar-refractivity contribution in [3.8, 4) is 11.5 Å². The molecule has 1 aliphatic rings. The largest absolute Gasteiger partial charge is 0.493 e. The van der Waals surface area contributed by atoms with Gasteiger partial charge in [0.05, 0.1) is 7.11 Å². The average molecular weight is 292 g/mol. The zero-order chi connectivity index (χ0) is 15.1. The molecule has 0 bridgehead atoms. The predicted octanol–water partition coefficient (Wildman–Crippen LogP) is 1.81. The van der Waals surface area contributed by atoms with Gasteiger partial charge in [0.1, 0.15) is 0 Å². The number of likely N-dealkylation sites (tertiary alicyclic amines) is 1. The molecular weight excluding hydrogens is 268 g/mol. The Hall–Kier alpha value is -1.75. The average Bonchev–Trinajstić information content (AvgIpc) is 3.05. The second-order valence-electron chi connectivity index (χ2n) is 5.14. The summed E-state index contributed by atoms with van der Waals surface area (Å²) in [4.78, 5) is 13.8. The Balaban J connectivity index is 1.93. The standard InChI is InChI=1S/C16H24N2O3/c1-3-17-11-13-6-7-14(15(10-13)20-2)21-12-16(19)18-8-4-5-9-18/h6-7,10,17H,3-5,8-9,11-12H2,1-2H3. The lowest BCUT2D eigenvalue weighted by atomic mass is 10.2.